The summed E-state index contributed by atoms with van der Waals surface area (Å²) in [5.74, 6) is -0.888. The molecule has 0 aliphatic rings. The molecule has 0 spiro atoms. The Hall–Kier alpha value is -2.70. The van der Waals surface area contributed by atoms with Gasteiger partial charge >= 0.3 is 12.1 Å². The van der Waals surface area contributed by atoms with Crippen LogP contribution in [-0.4, -0.2) is 24.8 Å². The molecule has 0 saturated carbocycles. The summed E-state index contributed by atoms with van der Waals surface area (Å²) in [5.41, 5.74) is 7.38. The second-order valence-corrected chi connectivity index (χ2v) is 5.05. The summed E-state index contributed by atoms with van der Waals surface area (Å²) in [6.45, 7) is 0.284. The molecule has 2 rings (SSSR count). The summed E-state index contributed by atoms with van der Waals surface area (Å²) >= 11 is 0. The van der Waals surface area contributed by atoms with Gasteiger partial charge in [-0.25, -0.2) is 9.59 Å². The average molecular weight is 329 g/mol. The van der Waals surface area contributed by atoms with Crippen LogP contribution in [-0.2, 0) is 32.2 Å². The molecule has 0 aliphatic carbocycles. The molecule has 2 N–H and O–H groups in total. The van der Waals surface area contributed by atoms with E-state index in [1.165, 1.54) is 0 Å². The predicted molar refractivity (Wildman–Crippen MR) is 86.8 cm³/mol. The van der Waals surface area contributed by atoms with Gasteiger partial charge in [0.2, 0.25) is 0 Å². The van der Waals surface area contributed by atoms with Gasteiger partial charge < -0.3 is 19.9 Å². The number of hydrogen-bond acceptors (Lipinski definition) is 6. The molecule has 2 aromatic rings. The minimum atomic E-state index is -1.08. The summed E-state index contributed by atoms with van der Waals surface area (Å²) < 4.78 is 14.7. The second-order valence-electron chi connectivity index (χ2n) is 5.05. The molecule has 126 valence electrons. The first-order chi connectivity index (χ1) is 11.6. The van der Waals surface area contributed by atoms with E-state index >= 15 is 0 Å². The number of benzene rings is 2. The lowest BCUT2D eigenvalue weighted by atomic mass is 10.2. The van der Waals surface area contributed by atoms with Crippen molar-refractivity contribution in [2.24, 2.45) is 5.73 Å². The zero-order valence-corrected chi connectivity index (χ0v) is 13.1. The Balaban J connectivity index is 1.66. The van der Waals surface area contributed by atoms with Gasteiger partial charge in [-0.3, -0.25) is 0 Å². The second kappa shape index (κ2) is 9.44. The summed E-state index contributed by atoms with van der Waals surface area (Å²) in [6.07, 6.45) is -1.08. The lowest BCUT2D eigenvalue weighted by molar-refractivity contribution is -0.143. The van der Waals surface area contributed by atoms with E-state index < -0.39 is 18.2 Å². The highest BCUT2D eigenvalue weighted by Gasteiger charge is 2.20. The quantitative estimate of drug-likeness (QED) is 0.620. The van der Waals surface area contributed by atoms with E-state index in [0.29, 0.717) is 6.61 Å². The molecular weight excluding hydrogens is 310 g/mol. The first-order valence-electron chi connectivity index (χ1n) is 7.45. The predicted octanol–water partition coefficient (Wildman–Crippen LogP) is 2.41. The van der Waals surface area contributed by atoms with Gasteiger partial charge in [-0.15, -0.1) is 0 Å². The number of nitrogens with two attached hydrogens (primary N) is 1. The molecule has 6 heteroatoms. The van der Waals surface area contributed by atoms with Gasteiger partial charge in [-0.2, -0.15) is 0 Å². The molecule has 2 aromatic carbocycles. The SMILES string of the molecule is N[C@@H](COCc1ccccc1)C(=O)OC(=O)OCc1ccccc1. The largest absolute Gasteiger partial charge is 0.516 e. The van der Waals surface area contributed by atoms with Crippen LogP contribution in [0.4, 0.5) is 4.79 Å². The standard InChI is InChI=1S/C18H19NO5/c19-16(13-22-11-14-7-3-1-4-8-14)17(20)24-18(21)23-12-15-9-5-2-6-10-15/h1-10,16H,11-13,19H2/t16-/m0/s1. The molecule has 0 unspecified atom stereocenters. The van der Waals surface area contributed by atoms with Crippen molar-refractivity contribution < 1.29 is 23.8 Å². The minimum Gasteiger partial charge on any atom is -0.429 e. The molecule has 0 aliphatic heterocycles. The van der Waals surface area contributed by atoms with E-state index in [4.69, 9.17) is 15.2 Å². The Labute approximate surface area is 140 Å². The Morgan fingerprint density at radius 2 is 1.42 bits per heavy atom. The van der Waals surface area contributed by atoms with E-state index in [1.807, 2.05) is 48.5 Å². The molecule has 0 radical (unpaired) electrons. The molecule has 0 amide bonds. The van der Waals surface area contributed by atoms with Crippen molar-refractivity contribution in [2.75, 3.05) is 6.61 Å². The first-order valence-corrected chi connectivity index (χ1v) is 7.45. The van der Waals surface area contributed by atoms with Gasteiger partial charge in [0.25, 0.3) is 0 Å². The van der Waals surface area contributed by atoms with Gasteiger partial charge in [-0.1, -0.05) is 60.7 Å². The Morgan fingerprint density at radius 3 is 2.00 bits per heavy atom. The zero-order chi connectivity index (χ0) is 17.2. The van der Waals surface area contributed by atoms with Crippen LogP contribution in [0.5, 0.6) is 0 Å². The lowest BCUT2D eigenvalue weighted by Crippen LogP contribution is -2.37. The highest BCUT2D eigenvalue weighted by Crippen LogP contribution is 2.03. The van der Waals surface area contributed by atoms with E-state index in [9.17, 15) is 9.59 Å². The van der Waals surface area contributed by atoms with Gasteiger partial charge in [0.1, 0.15) is 12.6 Å². The molecule has 0 fully saturated rings. The minimum absolute atomic E-state index is 0.0205. The number of esters is 1. The van der Waals surface area contributed by atoms with Crippen molar-refractivity contribution in [2.45, 2.75) is 19.3 Å². The van der Waals surface area contributed by atoms with Crippen molar-refractivity contribution in [1.29, 1.82) is 0 Å². The fourth-order valence-corrected chi connectivity index (χ4v) is 1.85. The maximum absolute atomic E-state index is 11.7. The zero-order valence-electron chi connectivity index (χ0n) is 13.1. The maximum atomic E-state index is 11.7. The lowest BCUT2D eigenvalue weighted by Gasteiger charge is -2.11. The van der Waals surface area contributed by atoms with Crippen LogP contribution >= 0.6 is 0 Å². The van der Waals surface area contributed by atoms with Gasteiger partial charge in [0.15, 0.2) is 0 Å². The molecule has 24 heavy (non-hydrogen) atoms. The van der Waals surface area contributed by atoms with Crippen LogP contribution in [0, 0.1) is 0 Å². The van der Waals surface area contributed by atoms with E-state index in [2.05, 4.69) is 4.74 Å². The summed E-state index contributed by atoms with van der Waals surface area (Å²) in [6, 6.07) is 17.5. The number of hydrogen-bond donors (Lipinski definition) is 1. The number of ether oxygens (including phenoxy) is 3. The van der Waals surface area contributed by atoms with Gasteiger partial charge in [0.05, 0.1) is 13.2 Å². The first kappa shape index (κ1) is 17.7. The van der Waals surface area contributed by atoms with Crippen LogP contribution in [0.15, 0.2) is 60.7 Å². The maximum Gasteiger partial charge on any atom is 0.516 e. The highest BCUT2D eigenvalue weighted by molar-refractivity contribution is 5.85. The molecule has 1 atom stereocenters. The van der Waals surface area contributed by atoms with Gasteiger partial charge in [-0.05, 0) is 11.1 Å². The van der Waals surface area contributed by atoms with Gasteiger partial charge in [0, 0.05) is 0 Å². The smallest absolute Gasteiger partial charge is 0.429 e. The summed E-state index contributed by atoms with van der Waals surface area (Å²) in [7, 11) is 0. The average Bonchev–Trinajstić information content (AvgIpc) is 2.61. The number of carbonyl (C=O) groups is 2. The normalized spacial score (nSPS) is 11.5. The van der Waals surface area contributed by atoms with Crippen molar-refractivity contribution >= 4 is 12.1 Å². The fourth-order valence-electron chi connectivity index (χ4n) is 1.85. The molecule has 0 aromatic heterocycles. The van der Waals surface area contributed by atoms with E-state index in [0.717, 1.165) is 11.1 Å². The monoisotopic (exact) mass is 329 g/mol. The number of rotatable bonds is 7. The molecule has 0 bridgehead atoms. The topological polar surface area (TPSA) is 87.9 Å². The third-order valence-corrected chi connectivity index (χ3v) is 3.10. The third-order valence-electron chi connectivity index (χ3n) is 3.10. The van der Waals surface area contributed by atoms with Crippen molar-refractivity contribution in [3.63, 3.8) is 0 Å². The molecular formula is C18H19NO5. The van der Waals surface area contributed by atoms with E-state index in [1.54, 1.807) is 12.1 Å². The fraction of sp³-hybridized carbons (Fsp3) is 0.222. The van der Waals surface area contributed by atoms with Crippen molar-refractivity contribution in [3.05, 3.63) is 71.8 Å². The van der Waals surface area contributed by atoms with Crippen molar-refractivity contribution in [3.8, 4) is 0 Å². The van der Waals surface area contributed by atoms with Crippen LogP contribution < -0.4 is 5.73 Å². The number of carbonyl (C=O) groups excluding carboxylic acids is 2. The van der Waals surface area contributed by atoms with E-state index in [-0.39, 0.29) is 13.2 Å². The van der Waals surface area contributed by atoms with Crippen LogP contribution in [0.2, 0.25) is 0 Å². The van der Waals surface area contributed by atoms with Crippen LogP contribution in [0.25, 0.3) is 0 Å². The molecule has 0 saturated heterocycles. The van der Waals surface area contributed by atoms with Crippen LogP contribution in [0.1, 0.15) is 11.1 Å². The highest BCUT2D eigenvalue weighted by atomic mass is 16.7. The van der Waals surface area contributed by atoms with Crippen LogP contribution in [0.3, 0.4) is 0 Å². The summed E-state index contributed by atoms with van der Waals surface area (Å²) in [4.78, 5) is 23.1. The Bertz CT molecular complexity index is 645. The third kappa shape index (κ3) is 6.20. The molecule has 6 nitrogen and oxygen atoms in total. The molecule has 0 heterocycles. The summed E-state index contributed by atoms with van der Waals surface area (Å²) in [5, 5.41) is 0. The Morgan fingerprint density at radius 1 is 0.875 bits per heavy atom. The van der Waals surface area contributed by atoms with Crippen molar-refractivity contribution in [1.82, 2.24) is 0 Å². The Kier molecular flexibility index (Phi) is 6.94.